The SMILES string of the molecule is CCN(CC(C)C#N)c1ncnc(Cl)c1CO. The van der Waals surface area contributed by atoms with Crippen molar-refractivity contribution in [3.63, 3.8) is 0 Å². The first-order chi connectivity index (χ1) is 8.13. The molecule has 0 radical (unpaired) electrons. The summed E-state index contributed by atoms with van der Waals surface area (Å²) in [5, 5.41) is 18.4. The lowest BCUT2D eigenvalue weighted by molar-refractivity contribution is 0.281. The lowest BCUT2D eigenvalue weighted by atomic mass is 10.2. The molecule has 0 aliphatic rings. The van der Waals surface area contributed by atoms with Crippen LogP contribution in [-0.2, 0) is 6.61 Å². The number of halogens is 1. The fourth-order valence-electron chi connectivity index (χ4n) is 1.53. The minimum atomic E-state index is -0.216. The third-order valence-electron chi connectivity index (χ3n) is 2.42. The third-order valence-corrected chi connectivity index (χ3v) is 2.75. The van der Waals surface area contributed by atoms with E-state index in [1.54, 1.807) is 0 Å². The van der Waals surface area contributed by atoms with E-state index in [1.165, 1.54) is 6.33 Å². The van der Waals surface area contributed by atoms with Gasteiger partial charge in [0.05, 0.1) is 24.2 Å². The zero-order valence-electron chi connectivity index (χ0n) is 9.89. The zero-order chi connectivity index (χ0) is 12.8. The molecule has 0 bridgehead atoms. The van der Waals surface area contributed by atoms with Gasteiger partial charge in [-0.2, -0.15) is 5.26 Å². The molecule has 0 aromatic carbocycles. The summed E-state index contributed by atoms with van der Waals surface area (Å²) >= 11 is 5.90. The van der Waals surface area contributed by atoms with Crippen molar-refractivity contribution in [2.24, 2.45) is 5.92 Å². The Morgan fingerprint density at radius 1 is 1.59 bits per heavy atom. The maximum absolute atomic E-state index is 9.28. The average molecular weight is 255 g/mol. The predicted octanol–water partition coefficient (Wildman–Crippen LogP) is 1.61. The Labute approximate surface area is 106 Å². The number of aromatic nitrogens is 2. The highest BCUT2D eigenvalue weighted by Crippen LogP contribution is 2.23. The van der Waals surface area contributed by atoms with Gasteiger partial charge in [0.2, 0.25) is 0 Å². The highest BCUT2D eigenvalue weighted by atomic mass is 35.5. The number of hydrogen-bond donors (Lipinski definition) is 1. The standard InChI is InChI=1S/C11H15ClN4O/c1-3-16(5-8(2)4-13)11-9(6-17)10(12)14-7-15-11/h7-8,17H,3,5-6H2,1-2H3. The van der Waals surface area contributed by atoms with Crippen molar-refractivity contribution in [1.82, 2.24) is 9.97 Å². The molecule has 5 nitrogen and oxygen atoms in total. The first-order valence-corrected chi connectivity index (χ1v) is 5.76. The second-order valence-electron chi connectivity index (χ2n) is 3.69. The zero-order valence-corrected chi connectivity index (χ0v) is 10.6. The average Bonchev–Trinajstić information content (AvgIpc) is 2.35. The number of aliphatic hydroxyl groups excluding tert-OH is 1. The second kappa shape index (κ2) is 6.38. The first kappa shape index (κ1) is 13.7. The summed E-state index contributed by atoms with van der Waals surface area (Å²) in [4.78, 5) is 9.87. The molecule has 1 aromatic heterocycles. The summed E-state index contributed by atoms with van der Waals surface area (Å²) in [6.07, 6.45) is 1.36. The first-order valence-electron chi connectivity index (χ1n) is 5.38. The van der Waals surface area contributed by atoms with Crippen molar-refractivity contribution in [3.8, 4) is 6.07 Å². The smallest absolute Gasteiger partial charge is 0.140 e. The van der Waals surface area contributed by atoms with Crippen LogP contribution in [0.1, 0.15) is 19.4 Å². The van der Waals surface area contributed by atoms with Crippen molar-refractivity contribution >= 4 is 17.4 Å². The molecule has 1 rings (SSSR count). The van der Waals surface area contributed by atoms with E-state index in [0.29, 0.717) is 24.5 Å². The molecule has 1 N–H and O–H groups in total. The molecule has 1 aromatic rings. The molecule has 6 heteroatoms. The molecule has 92 valence electrons. The number of aliphatic hydroxyl groups is 1. The van der Waals surface area contributed by atoms with E-state index in [2.05, 4.69) is 16.0 Å². The molecule has 1 unspecified atom stereocenters. The van der Waals surface area contributed by atoms with Crippen LogP contribution in [0.4, 0.5) is 5.82 Å². The number of hydrogen-bond acceptors (Lipinski definition) is 5. The molecular formula is C11H15ClN4O. The third kappa shape index (κ3) is 3.29. The normalized spacial score (nSPS) is 11.9. The Kier molecular flexibility index (Phi) is 5.13. The van der Waals surface area contributed by atoms with Crippen LogP contribution >= 0.6 is 11.6 Å². The molecule has 0 saturated carbocycles. The van der Waals surface area contributed by atoms with Crippen molar-refractivity contribution < 1.29 is 5.11 Å². The van der Waals surface area contributed by atoms with E-state index in [4.69, 9.17) is 16.9 Å². The Hall–Kier alpha value is -1.38. The lowest BCUT2D eigenvalue weighted by Gasteiger charge is -2.24. The van der Waals surface area contributed by atoms with E-state index in [9.17, 15) is 5.11 Å². The van der Waals surface area contributed by atoms with Crippen LogP contribution in [0.3, 0.4) is 0 Å². The maximum atomic E-state index is 9.28. The fraction of sp³-hybridized carbons (Fsp3) is 0.545. The van der Waals surface area contributed by atoms with Gasteiger partial charge in [0.25, 0.3) is 0 Å². The summed E-state index contributed by atoms with van der Waals surface area (Å²) < 4.78 is 0. The topological polar surface area (TPSA) is 73.0 Å². The van der Waals surface area contributed by atoms with E-state index >= 15 is 0 Å². The van der Waals surface area contributed by atoms with Gasteiger partial charge < -0.3 is 10.0 Å². The lowest BCUT2D eigenvalue weighted by Crippen LogP contribution is -2.29. The van der Waals surface area contributed by atoms with Crippen LogP contribution in [-0.4, -0.2) is 28.2 Å². The Bertz CT molecular complexity index is 418. The molecule has 17 heavy (non-hydrogen) atoms. The van der Waals surface area contributed by atoms with Crippen LogP contribution in [0.15, 0.2) is 6.33 Å². The van der Waals surface area contributed by atoms with Gasteiger partial charge in [0.15, 0.2) is 0 Å². The van der Waals surface area contributed by atoms with Crippen LogP contribution in [0, 0.1) is 17.2 Å². The van der Waals surface area contributed by atoms with Crippen LogP contribution < -0.4 is 4.90 Å². The van der Waals surface area contributed by atoms with Gasteiger partial charge >= 0.3 is 0 Å². The number of rotatable bonds is 5. The Morgan fingerprint density at radius 3 is 2.82 bits per heavy atom. The molecular weight excluding hydrogens is 240 g/mol. The van der Waals surface area contributed by atoms with E-state index in [1.807, 2.05) is 18.7 Å². The quantitative estimate of drug-likeness (QED) is 0.808. The predicted molar refractivity (Wildman–Crippen MR) is 65.6 cm³/mol. The number of nitrogens with zero attached hydrogens (tertiary/aromatic N) is 4. The van der Waals surface area contributed by atoms with Gasteiger partial charge in [0.1, 0.15) is 17.3 Å². The molecule has 1 heterocycles. The van der Waals surface area contributed by atoms with Crippen molar-refractivity contribution in [3.05, 3.63) is 17.0 Å². The highest BCUT2D eigenvalue weighted by molar-refractivity contribution is 6.30. The summed E-state index contributed by atoms with van der Waals surface area (Å²) in [5.74, 6) is 0.479. The van der Waals surface area contributed by atoms with Gasteiger partial charge in [-0.3, -0.25) is 0 Å². The van der Waals surface area contributed by atoms with Gasteiger partial charge in [-0.25, -0.2) is 9.97 Å². The van der Waals surface area contributed by atoms with Crippen LogP contribution in [0.25, 0.3) is 0 Å². The number of anilines is 1. The van der Waals surface area contributed by atoms with E-state index in [-0.39, 0.29) is 17.7 Å². The highest BCUT2D eigenvalue weighted by Gasteiger charge is 2.16. The van der Waals surface area contributed by atoms with Gasteiger partial charge in [-0.15, -0.1) is 0 Å². The van der Waals surface area contributed by atoms with Crippen LogP contribution in [0.2, 0.25) is 5.15 Å². The molecule has 0 aliphatic carbocycles. The van der Waals surface area contributed by atoms with Crippen molar-refractivity contribution in [2.75, 3.05) is 18.0 Å². The minimum absolute atomic E-state index is 0.116. The minimum Gasteiger partial charge on any atom is -0.391 e. The fourth-order valence-corrected chi connectivity index (χ4v) is 1.72. The maximum Gasteiger partial charge on any atom is 0.140 e. The summed E-state index contributed by atoms with van der Waals surface area (Å²) in [7, 11) is 0. The largest absolute Gasteiger partial charge is 0.391 e. The van der Waals surface area contributed by atoms with Crippen molar-refractivity contribution in [2.45, 2.75) is 20.5 Å². The van der Waals surface area contributed by atoms with Gasteiger partial charge in [-0.1, -0.05) is 11.6 Å². The molecule has 0 spiro atoms. The van der Waals surface area contributed by atoms with E-state index in [0.717, 1.165) is 0 Å². The summed E-state index contributed by atoms with van der Waals surface area (Å²) in [6.45, 7) is 4.82. The monoisotopic (exact) mass is 254 g/mol. The van der Waals surface area contributed by atoms with Gasteiger partial charge in [-0.05, 0) is 13.8 Å². The van der Waals surface area contributed by atoms with Gasteiger partial charge in [0, 0.05) is 13.1 Å². The molecule has 1 atom stereocenters. The molecule has 0 fully saturated rings. The Balaban J connectivity index is 3.04. The number of nitriles is 1. The summed E-state index contributed by atoms with van der Waals surface area (Å²) in [5.41, 5.74) is 0.501. The van der Waals surface area contributed by atoms with Crippen molar-refractivity contribution in [1.29, 1.82) is 5.26 Å². The molecule has 0 aliphatic heterocycles. The molecule has 0 saturated heterocycles. The Morgan fingerprint density at radius 2 is 2.29 bits per heavy atom. The summed E-state index contributed by atoms with van der Waals surface area (Å²) in [6, 6.07) is 2.17. The van der Waals surface area contributed by atoms with E-state index < -0.39 is 0 Å². The van der Waals surface area contributed by atoms with Crippen LogP contribution in [0.5, 0.6) is 0 Å². The molecule has 0 amide bonds. The second-order valence-corrected chi connectivity index (χ2v) is 4.05.